The summed E-state index contributed by atoms with van der Waals surface area (Å²) in [5, 5.41) is 2.78. The Morgan fingerprint density at radius 1 is 1.08 bits per heavy atom. The molecule has 0 fully saturated rings. The molecule has 2 aromatic heterocycles. The highest BCUT2D eigenvalue weighted by Gasteiger charge is 2.20. The van der Waals surface area contributed by atoms with Gasteiger partial charge in [0.15, 0.2) is 15.6 Å². The first kappa shape index (κ1) is 17.9. The number of amides is 1. The molecular weight excluding hydrogens is 352 g/mol. The zero-order chi connectivity index (χ0) is 18.6. The maximum Gasteiger partial charge on any atom is 0.287 e. The molecule has 1 amide bonds. The summed E-state index contributed by atoms with van der Waals surface area (Å²) in [6, 6.07) is 16.2. The molecule has 1 aromatic carbocycles. The van der Waals surface area contributed by atoms with Crippen LogP contribution in [0.1, 0.15) is 35.0 Å². The van der Waals surface area contributed by atoms with Crippen molar-refractivity contribution < 1.29 is 17.6 Å². The van der Waals surface area contributed by atoms with Crippen molar-refractivity contribution in [3.05, 3.63) is 84.1 Å². The molecule has 0 saturated carbocycles. The molecule has 134 valence electrons. The molecule has 0 spiro atoms. The average molecular weight is 370 g/mol. The van der Waals surface area contributed by atoms with E-state index in [9.17, 15) is 13.2 Å². The van der Waals surface area contributed by atoms with Crippen molar-refractivity contribution in [3.63, 3.8) is 0 Å². The number of aromatic nitrogens is 1. The molecule has 7 heteroatoms. The van der Waals surface area contributed by atoms with Crippen LogP contribution in [-0.2, 0) is 15.6 Å². The standard InChI is InChI=1S/C19H18N2O4S/c1-14(17-9-5-6-12-20-17)21-19(22)18-11-10-15(25-18)13-26(23,24)16-7-3-2-4-8-16/h2-12,14H,13H2,1H3,(H,21,22). The third-order valence-corrected chi connectivity index (χ3v) is 5.45. The summed E-state index contributed by atoms with van der Waals surface area (Å²) < 4.78 is 30.2. The van der Waals surface area contributed by atoms with Gasteiger partial charge in [-0.3, -0.25) is 9.78 Å². The van der Waals surface area contributed by atoms with E-state index in [2.05, 4.69) is 10.3 Å². The Hall–Kier alpha value is -2.93. The molecule has 1 atom stereocenters. The number of sulfone groups is 1. The van der Waals surface area contributed by atoms with E-state index < -0.39 is 15.7 Å². The van der Waals surface area contributed by atoms with Crippen LogP contribution in [-0.4, -0.2) is 19.3 Å². The molecule has 1 N–H and O–H groups in total. The lowest BCUT2D eigenvalue weighted by Gasteiger charge is -2.11. The Morgan fingerprint density at radius 3 is 2.50 bits per heavy atom. The van der Waals surface area contributed by atoms with Crippen molar-refractivity contribution in [3.8, 4) is 0 Å². The van der Waals surface area contributed by atoms with Gasteiger partial charge in [0.05, 0.1) is 16.6 Å². The van der Waals surface area contributed by atoms with Crippen molar-refractivity contribution in [1.29, 1.82) is 0 Å². The predicted octanol–water partition coefficient (Wildman–Crippen LogP) is 3.14. The molecule has 3 aromatic rings. The Bertz CT molecular complexity index is 983. The summed E-state index contributed by atoms with van der Waals surface area (Å²) in [6.07, 6.45) is 1.65. The summed E-state index contributed by atoms with van der Waals surface area (Å²) in [4.78, 5) is 16.7. The number of pyridine rings is 1. The van der Waals surface area contributed by atoms with Gasteiger partial charge in [0.1, 0.15) is 11.5 Å². The van der Waals surface area contributed by atoms with Gasteiger partial charge < -0.3 is 9.73 Å². The van der Waals surface area contributed by atoms with E-state index in [1.54, 1.807) is 30.5 Å². The van der Waals surface area contributed by atoms with E-state index in [0.29, 0.717) is 0 Å². The van der Waals surface area contributed by atoms with Gasteiger partial charge in [-0.1, -0.05) is 24.3 Å². The fourth-order valence-corrected chi connectivity index (χ4v) is 3.72. The highest BCUT2D eigenvalue weighted by molar-refractivity contribution is 7.90. The molecule has 0 radical (unpaired) electrons. The third-order valence-electron chi connectivity index (χ3n) is 3.80. The lowest BCUT2D eigenvalue weighted by molar-refractivity contribution is 0.0909. The van der Waals surface area contributed by atoms with Crippen molar-refractivity contribution in [2.75, 3.05) is 0 Å². The zero-order valence-corrected chi connectivity index (χ0v) is 14.9. The van der Waals surface area contributed by atoms with Crippen LogP contribution >= 0.6 is 0 Å². The van der Waals surface area contributed by atoms with Gasteiger partial charge in [-0.05, 0) is 43.3 Å². The number of carbonyl (C=O) groups excluding carboxylic acids is 1. The third kappa shape index (κ3) is 4.18. The van der Waals surface area contributed by atoms with Crippen molar-refractivity contribution in [1.82, 2.24) is 10.3 Å². The molecule has 26 heavy (non-hydrogen) atoms. The molecule has 6 nitrogen and oxygen atoms in total. The second-order valence-corrected chi connectivity index (χ2v) is 7.78. The number of furan rings is 1. The van der Waals surface area contributed by atoms with E-state index in [1.165, 1.54) is 24.3 Å². The first-order valence-electron chi connectivity index (χ1n) is 8.04. The van der Waals surface area contributed by atoms with E-state index in [4.69, 9.17) is 4.42 Å². The molecule has 2 heterocycles. The normalized spacial score (nSPS) is 12.5. The average Bonchev–Trinajstić information content (AvgIpc) is 3.11. The molecule has 0 saturated heterocycles. The Labute approximate surface area is 151 Å². The van der Waals surface area contributed by atoms with Crippen LogP contribution in [0.3, 0.4) is 0 Å². The molecular formula is C19H18N2O4S. The van der Waals surface area contributed by atoms with Gasteiger partial charge in [0.25, 0.3) is 5.91 Å². The van der Waals surface area contributed by atoms with E-state index in [0.717, 1.165) is 5.69 Å². The molecule has 0 aliphatic rings. The number of hydrogen-bond donors (Lipinski definition) is 1. The largest absolute Gasteiger partial charge is 0.455 e. The van der Waals surface area contributed by atoms with E-state index in [-0.39, 0.29) is 28.2 Å². The minimum Gasteiger partial charge on any atom is -0.455 e. The highest BCUT2D eigenvalue weighted by Crippen LogP contribution is 2.18. The van der Waals surface area contributed by atoms with Crippen LogP contribution < -0.4 is 5.32 Å². The summed E-state index contributed by atoms with van der Waals surface area (Å²) >= 11 is 0. The molecule has 1 unspecified atom stereocenters. The highest BCUT2D eigenvalue weighted by atomic mass is 32.2. The lowest BCUT2D eigenvalue weighted by Crippen LogP contribution is -2.26. The van der Waals surface area contributed by atoms with Crippen molar-refractivity contribution >= 4 is 15.7 Å². The maximum absolute atomic E-state index is 12.4. The Kier molecular flexibility index (Phi) is 5.18. The van der Waals surface area contributed by atoms with Crippen LogP contribution in [0.4, 0.5) is 0 Å². The predicted molar refractivity (Wildman–Crippen MR) is 96.2 cm³/mol. The number of nitrogens with zero attached hydrogens (tertiary/aromatic N) is 1. The van der Waals surface area contributed by atoms with Crippen LogP contribution in [0.15, 0.2) is 76.2 Å². The van der Waals surface area contributed by atoms with Crippen molar-refractivity contribution in [2.24, 2.45) is 0 Å². The summed E-state index contributed by atoms with van der Waals surface area (Å²) in [6.45, 7) is 1.81. The molecule has 0 aliphatic carbocycles. The van der Waals surface area contributed by atoms with Gasteiger partial charge >= 0.3 is 0 Å². The second-order valence-electron chi connectivity index (χ2n) is 5.79. The molecule has 3 rings (SSSR count). The second kappa shape index (κ2) is 7.53. The number of carbonyl (C=O) groups is 1. The van der Waals surface area contributed by atoms with Gasteiger partial charge in [-0.2, -0.15) is 0 Å². The fourth-order valence-electron chi connectivity index (χ4n) is 2.45. The SMILES string of the molecule is CC(NC(=O)c1ccc(CS(=O)(=O)c2ccccc2)o1)c1ccccn1. The Morgan fingerprint density at radius 2 is 1.81 bits per heavy atom. The van der Waals surface area contributed by atoms with Crippen LogP contribution in [0.25, 0.3) is 0 Å². The summed E-state index contributed by atoms with van der Waals surface area (Å²) in [5.41, 5.74) is 0.722. The van der Waals surface area contributed by atoms with Gasteiger partial charge in [-0.25, -0.2) is 8.42 Å². The summed E-state index contributed by atoms with van der Waals surface area (Å²) in [5.74, 6) is -0.456. The first-order valence-corrected chi connectivity index (χ1v) is 9.69. The van der Waals surface area contributed by atoms with Gasteiger partial charge in [0, 0.05) is 6.20 Å². The van der Waals surface area contributed by atoms with E-state index in [1.807, 2.05) is 19.1 Å². The minimum atomic E-state index is -3.53. The topological polar surface area (TPSA) is 89.3 Å². The zero-order valence-electron chi connectivity index (χ0n) is 14.1. The maximum atomic E-state index is 12.4. The number of hydrogen-bond acceptors (Lipinski definition) is 5. The monoisotopic (exact) mass is 370 g/mol. The smallest absolute Gasteiger partial charge is 0.287 e. The molecule has 0 aliphatic heterocycles. The van der Waals surface area contributed by atoms with Crippen LogP contribution in [0.5, 0.6) is 0 Å². The van der Waals surface area contributed by atoms with Crippen LogP contribution in [0.2, 0.25) is 0 Å². The number of nitrogens with one attached hydrogen (secondary N) is 1. The first-order chi connectivity index (χ1) is 12.5. The van der Waals surface area contributed by atoms with Crippen LogP contribution in [0, 0.1) is 0 Å². The van der Waals surface area contributed by atoms with Crippen molar-refractivity contribution in [2.45, 2.75) is 23.6 Å². The van der Waals surface area contributed by atoms with Gasteiger partial charge in [0.2, 0.25) is 0 Å². The molecule has 0 bridgehead atoms. The minimum absolute atomic E-state index is 0.0612. The van der Waals surface area contributed by atoms with E-state index >= 15 is 0 Å². The number of rotatable bonds is 6. The quantitative estimate of drug-likeness (QED) is 0.720. The Balaban J connectivity index is 1.69. The van der Waals surface area contributed by atoms with Gasteiger partial charge in [-0.15, -0.1) is 0 Å². The number of benzene rings is 1. The summed E-state index contributed by atoms with van der Waals surface area (Å²) in [7, 11) is -3.53. The lowest BCUT2D eigenvalue weighted by atomic mass is 10.2. The fraction of sp³-hybridized carbons (Fsp3) is 0.158.